The zero-order valence-corrected chi connectivity index (χ0v) is 20.6. The lowest BCUT2D eigenvalue weighted by atomic mass is 10.00. The molecule has 2 unspecified atom stereocenters. The maximum Gasteiger partial charge on any atom is 0.254 e. The molecule has 4 rings (SSSR count). The van der Waals surface area contributed by atoms with Gasteiger partial charge in [0.05, 0.1) is 27.8 Å². The number of piperidine rings is 1. The third-order valence-electron chi connectivity index (χ3n) is 6.62. The lowest BCUT2D eigenvalue weighted by Gasteiger charge is -2.30. The van der Waals surface area contributed by atoms with Crippen molar-refractivity contribution in [1.29, 1.82) is 0 Å². The Labute approximate surface area is 207 Å². The summed E-state index contributed by atoms with van der Waals surface area (Å²) in [4.78, 5) is 28.0. The van der Waals surface area contributed by atoms with Crippen molar-refractivity contribution in [2.45, 2.75) is 55.8 Å². The number of halogens is 3. The van der Waals surface area contributed by atoms with Crippen molar-refractivity contribution < 1.29 is 31.9 Å². The van der Waals surface area contributed by atoms with Crippen LogP contribution in [0.5, 0.6) is 0 Å². The number of benzene rings is 2. The molecule has 2 N–H and O–H groups in total. The second kappa shape index (κ2) is 9.48. The Morgan fingerprint density at radius 1 is 1.20 bits per heavy atom. The molecule has 35 heavy (non-hydrogen) atoms. The Kier molecular flexibility index (Phi) is 6.91. The summed E-state index contributed by atoms with van der Waals surface area (Å²) in [7, 11) is -3.53. The Morgan fingerprint density at radius 2 is 1.91 bits per heavy atom. The minimum atomic E-state index is -3.53. The molecule has 2 amide bonds. The van der Waals surface area contributed by atoms with Crippen LogP contribution in [0, 0.1) is 17.6 Å². The van der Waals surface area contributed by atoms with Gasteiger partial charge in [-0.1, -0.05) is 24.6 Å². The number of fused-ring (bicyclic) bond motifs is 1. The summed E-state index contributed by atoms with van der Waals surface area (Å²) in [6.07, 6.45) is -0.177. The Hall–Kier alpha value is -2.56. The highest BCUT2D eigenvalue weighted by atomic mass is 35.5. The molecule has 11 heteroatoms. The number of hydrogen-bond acceptors (Lipinski definition) is 5. The fraction of sp³-hybridized carbons (Fsp3) is 0.417. The molecule has 2 aliphatic rings. The van der Waals surface area contributed by atoms with Crippen LogP contribution in [0.2, 0.25) is 5.02 Å². The maximum atomic E-state index is 14.5. The molecular weight excluding hydrogens is 502 g/mol. The first-order valence-corrected chi connectivity index (χ1v) is 13.3. The standard InChI is InChI=1S/C24H25ClF2N2O5S/c1-3-35(33,34)15-6-4-5-13(7-15)24(32)29-20-8-14(20)9-21(29)23(31)28-22(12(2)30)16-10-19(27)17(25)11-18(16)26/h4-7,10-12,14,20-22,30H,3,8-9H2,1-2H3,(H,28,31)/t12?,14-,20-,21-,22?/m1/s1. The average molecular weight is 527 g/mol. The van der Waals surface area contributed by atoms with Crippen LogP contribution < -0.4 is 5.32 Å². The summed E-state index contributed by atoms with van der Waals surface area (Å²) >= 11 is 5.61. The molecule has 2 fully saturated rings. The molecule has 188 valence electrons. The van der Waals surface area contributed by atoms with E-state index in [0.29, 0.717) is 6.42 Å². The van der Waals surface area contributed by atoms with E-state index in [1.807, 2.05) is 0 Å². The zero-order valence-electron chi connectivity index (χ0n) is 19.0. The second-order valence-corrected chi connectivity index (χ2v) is 11.7. The number of rotatable bonds is 7. The van der Waals surface area contributed by atoms with Gasteiger partial charge >= 0.3 is 0 Å². The summed E-state index contributed by atoms with van der Waals surface area (Å²) in [5, 5.41) is 12.3. The molecule has 2 aromatic rings. The third-order valence-corrected chi connectivity index (χ3v) is 8.64. The van der Waals surface area contributed by atoms with E-state index >= 15 is 0 Å². The van der Waals surface area contributed by atoms with E-state index in [1.54, 1.807) is 0 Å². The van der Waals surface area contributed by atoms with Gasteiger partial charge in [0.15, 0.2) is 9.84 Å². The number of aliphatic hydroxyl groups excluding tert-OH is 1. The van der Waals surface area contributed by atoms with Gasteiger partial charge in [-0.3, -0.25) is 9.59 Å². The van der Waals surface area contributed by atoms with Gasteiger partial charge in [-0.05, 0) is 56.0 Å². The van der Waals surface area contributed by atoms with Crippen LogP contribution >= 0.6 is 11.6 Å². The van der Waals surface area contributed by atoms with Crippen LogP contribution in [0.4, 0.5) is 8.78 Å². The number of hydrogen-bond donors (Lipinski definition) is 2. The maximum absolute atomic E-state index is 14.5. The van der Waals surface area contributed by atoms with Gasteiger partial charge in [0.1, 0.15) is 17.7 Å². The Balaban J connectivity index is 1.59. The molecule has 0 spiro atoms. The minimum Gasteiger partial charge on any atom is -0.391 e. The SMILES string of the molecule is CCS(=O)(=O)c1cccc(C(=O)N2[C@@H](C(=O)NC(c3cc(F)c(Cl)cc3F)C(C)O)C[C@H]3C[C@H]32)c1. The highest BCUT2D eigenvalue weighted by Crippen LogP contribution is 2.48. The van der Waals surface area contributed by atoms with E-state index in [4.69, 9.17) is 11.6 Å². The van der Waals surface area contributed by atoms with Crippen molar-refractivity contribution in [3.05, 3.63) is 64.2 Å². The fourth-order valence-corrected chi connectivity index (χ4v) is 5.68. The quantitative estimate of drug-likeness (QED) is 0.539. The molecule has 0 bridgehead atoms. The predicted octanol–water partition coefficient (Wildman–Crippen LogP) is 3.25. The van der Waals surface area contributed by atoms with Crippen molar-refractivity contribution in [3.63, 3.8) is 0 Å². The van der Waals surface area contributed by atoms with Gasteiger partial charge in [0, 0.05) is 17.2 Å². The number of aliphatic hydroxyl groups is 1. The van der Waals surface area contributed by atoms with Crippen molar-refractivity contribution >= 4 is 33.3 Å². The predicted molar refractivity (Wildman–Crippen MR) is 125 cm³/mol. The third kappa shape index (κ3) is 4.92. The number of nitrogens with zero attached hydrogens (tertiary/aromatic N) is 1. The first-order chi connectivity index (χ1) is 16.4. The van der Waals surface area contributed by atoms with Gasteiger partial charge in [-0.25, -0.2) is 17.2 Å². The normalized spacial score (nSPS) is 22.9. The van der Waals surface area contributed by atoms with Gasteiger partial charge in [0.25, 0.3) is 5.91 Å². The Morgan fingerprint density at radius 3 is 2.57 bits per heavy atom. The summed E-state index contributed by atoms with van der Waals surface area (Å²) in [5.74, 6) is -2.90. The van der Waals surface area contributed by atoms with Crippen LogP contribution in [-0.2, 0) is 14.6 Å². The van der Waals surface area contributed by atoms with Gasteiger partial charge in [-0.15, -0.1) is 0 Å². The molecule has 2 aromatic carbocycles. The number of nitrogens with one attached hydrogen (secondary N) is 1. The topological polar surface area (TPSA) is 104 Å². The van der Waals surface area contributed by atoms with E-state index in [1.165, 1.54) is 43.0 Å². The smallest absolute Gasteiger partial charge is 0.254 e. The summed E-state index contributed by atoms with van der Waals surface area (Å²) in [5.41, 5.74) is -0.128. The van der Waals surface area contributed by atoms with E-state index < -0.39 is 56.5 Å². The molecule has 1 saturated heterocycles. The van der Waals surface area contributed by atoms with E-state index in [9.17, 15) is 31.9 Å². The molecule has 1 heterocycles. The zero-order chi connectivity index (χ0) is 25.7. The van der Waals surface area contributed by atoms with E-state index in [2.05, 4.69) is 5.32 Å². The second-order valence-electron chi connectivity index (χ2n) is 8.97. The largest absolute Gasteiger partial charge is 0.391 e. The van der Waals surface area contributed by atoms with Crippen molar-refractivity contribution in [2.75, 3.05) is 5.75 Å². The first kappa shape index (κ1) is 25.5. The van der Waals surface area contributed by atoms with Gasteiger partial charge in [0.2, 0.25) is 5.91 Å². The summed E-state index contributed by atoms with van der Waals surface area (Å²) < 4.78 is 53.0. The van der Waals surface area contributed by atoms with Crippen molar-refractivity contribution in [2.24, 2.45) is 5.92 Å². The fourth-order valence-electron chi connectivity index (χ4n) is 4.60. The van der Waals surface area contributed by atoms with Gasteiger partial charge in [-0.2, -0.15) is 0 Å². The average Bonchev–Trinajstić information content (AvgIpc) is 3.48. The highest BCUT2D eigenvalue weighted by molar-refractivity contribution is 7.91. The number of likely N-dealkylation sites (tertiary alicyclic amines) is 1. The molecule has 7 nitrogen and oxygen atoms in total. The van der Waals surface area contributed by atoms with Gasteiger partial charge < -0.3 is 15.3 Å². The van der Waals surface area contributed by atoms with Crippen LogP contribution in [0.3, 0.4) is 0 Å². The van der Waals surface area contributed by atoms with Crippen molar-refractivity contribution in [3.8, 4) is 0 Å². The highest BCUT2D eigenvalue weighted by Gasteiger charge is 2.56. The Bertz CT molecular complexity index is 1290. The monoisotopic (exact) mass is 526 g/mol. The molecular formula is C24H25ClF2N2O5S. The number of carbonyl (C=O) groups excluding carboxylic acids is 2. The van der Waals surface area contributed by atoms with Crippen LogP contribution in [0.25, 0.3) is 0 Å². The van der Waals surface area contributed by atoms with E-state index in [-0.39, 0.29) is 33.7 Å². The lowest BCUT2D eigenvalue weighted by Crippen LogP contribution is -2.50. The van der Waals surface area contributed by atoms with Crippen LogP contribution in [-0.4, -0.2) is 54.2 Å². The minimum absolute atomic E-state index is 0.0211. The van der Waals surface area contributed by atoms with Crippen molar-refractivity contribution in [1.82, 2.24) is 10.2 Å². The molecule has 1 aliphatic heterocycles. The van der Waals surface area contributed by atoms with Crippen LogP contribution in [0.1, 0.15) is 48.7 Å². The summed E-state index contributed by atoms with van der Waals surface area (Å²) in [6, 6.07) is 4.93. The van der Waals surface area contributed by atoms with Crippen LogP contribution in [0.15, 0.2) is 41.3 Å². The molecule has 1 aliphatic carbocycles. The number of carbonyl (C=O) groups is 2. The van der Waals surface area contributed by atoms with E-state index in [0.717, 1.165) is 18.6 Å². The molecule has 0 aromatic heterocycles. The molecule has 1 saturated carbocycles. The number of sulfone groups is 1. The lowest BCUT2D eigenvalue weighted by molar-refractivity contribution is -0.127. The molecule has 5 atom stereocenters. The number of amides is 2. The molecule has 0 radical (unpaired) electrons. The first-order valence-electron chi connectivity index (χ1n) is 11.2. The summed E-state index contributed by atoms with van der Waals surface area (Å²) in [6.45, 7) is 2.83.